The number of rotatable bonds is 0. The van der Waals surface area contributed by atoms with Gasteiger partial charge in [-0.05, 0) is 36.5 Å². The molecule has 1 heterocycles. The average molecular weight is 234 g/mol. The Morgan fingerprint density at radius 2 is 2.06 bits per heavy atom. The summed E-state index contributed by atoms with van der Waals surface area (Å²) in [7, 11) is 0. The summed E-state index contributed by atoms with van der Waals surface area (Å²) in [5.41, 5.74) is 0.459. The van der Waals surface area contributed by atoms with Gasteiger partial charge in [0.1, 0.15) is 5.78 Å². The van der Waals surface area contributed by atoms with E-state index in [0.29, 0.717) is 17.6 Å². The number of carbonyl (C=O) groups excluding carboxylic acids is 1. The van der Waals surface area contributed by atoms with E-state index in [9.17, 15) is 4.79 Å². The van der Waals surface area contributed by atoms with Crippen LogP contribution in [-0.4, -0.2) is 19.0 Å². The van der Waals surface area contributed by atoms with Gasteiger partial charge >= 0.3 is 0 Å². The molecule has 3 aliphatic carbocycles. The first-order valence-electron chi connectivity index (χ1n) is 7.09. The minimum Gasteiger partial charge on any atom is -0.381 e. The second-order valence-corrected chi connectivity index (χ2v) is 7.52. The van der Waals surface area contributed by atoms with Crippen molar-refractivity contribution in [1.29, 1.82) is 0 Å². The van der Waals surface area contributed by atoms with Gasteiger partial charge in [0, 0.05) is 23.4 Å². The van der Waals surface area contributed by atoms with Gasteiger partial charge in [0.15, 0.2) is 0 Å². The molecule has 4 aliphatic rings. The topological polar surface area (TPSA) is 26.3 Å². The van der Waals surface area contributed by atoms with E-state index in [1.54, 1.807) is 0 Å². The van der Waals surface area contributed by atoms with E-state index in [0.717, 1.165) is 19.1 Å². The van der Waals surface area contributed by atoms with Crippen LogP contribution in [0.1, 0.15) is 40.0 Å². The molecule has 0 bridgehead atoms. The van der Waals surface area contributed by atoms with Gasteiger partial charge in [0.25, 0.3) is 0 Å². The molecule has 94 valence electrons. The van der Waals surface area contributed by atoms with Gasteiger partial charge in [-0.2, -0.15) is 0 Å². The van der Waals surface area contributed by atoms with Gasteiger partial charge in [-0.1, -0.05) is 20.8 Å². The summed E-state index contributed by atoms with van der Waals surface area (Å²) in [6.07, 6.45) is 3.75. The molecule has 0 radical (unpaired) electrons. The van der Waals surface area contributed by atoms with Crippen molar-refractivity contribution >= 4 is 5.78 Å². The van der Waals surface area contributed by atoms with E-state index in [4.69, 9.17) is 4.74 Å². The molecular weight excluding hydrogens is 212 g/mol. The third-order valence-corrected chi connectivity index (χ3v) is 6.96. The van der Waals surface area contributed by atoms with E-state index in [1.807, 2.05) is 0 Å². The van der Waals surface area contributed by atoms with Crippen molar-refractivity contribution in [3.05, 3.63) is 0 Å². The van der Waals surface area contributed by atoms with Crippen molar-refractivity contribution < 1.29 is 9.53 Å². The Bertz CT molecular complexity index is 413. The monoisotopic (exact) mass is 234 g/mol. The normalized spacial score (nSPS) is 58.5. The van der Waals surface area contributed by atoms with Crippen molar-refractivity contribution in [2.24, 2.45) is 34.0 Å². The largest absolute Gasteiger partial charge is 0.381 e. The maximum atomic E-state index is 12.6. The third kappa shape index (κ3) is 0.817. The molecule has 2 nitrogen and oxygen atoms in total. The Labute approximate surface area is 103 Å². The fraction of sp³-hybridized carbons (Fsp3) is 0.933. The van der Waals surface area contributed by atoms with Crippen LogP contribution in [0.5, 0.6) is 0 Å². The molecule has 0 aromatic heterocycles. The molecule has 5 atom stereocenters. The highest BCUT2D eigenvalue weighted by molar-refractivity contribution is 5.96. The average Bonchev–Trinajstić information content (AvgIpc) is 2.77. The van der Waals surface area contributed by atoms with Crippen LogP contribution in [-0.2, 0) is 9.53 Å². The smallest absolute Gasteiger partial charge is 0.143 e. The highest BCUT2D eigenvalue weighted by Gasteiger charge is 2.90. The Kier molecular flexibility index (Phi) is 1.63. The molecule has 1 unspecified atom stereocenters. The molecule has 0 aromatic rings. The zero-order valence-corrected chi connectivity index (χ0v) is 11.1. The standard InChI is InChI=1S/C15H22O2/c1-13(2)10-7-9-5-4-6-17-8-15(9)11(12(13)16)14(10,15)3/h9-11H,4-8H2,1-3H3/t9-,10+,11?,14+,15-/m0/s1. The molecule has 1 spiro atoms. The molecule has 0 amide bonds. The fourth-order valence-electron chi connectivity index (χ4n) is 6.19. The first-order chi connectivity index (χ1) is 7.97. The molecule has 1 aliphatic heterocycles. The number of hydrogen-bond acceptors (Lipinski definition) is 2. The number of ketones is 1. The van der Waals surface area contributed by atoms with Gasteiger partial charge in [0.2, 0.25) is 0 Å². The Morgan fingerprint density at radius 1 is 1.29 bits per heavy atom. The SMILES string of the molecule is CC1(C)C(=O)C2[C@@]3(C)[C@@H]1C[C@@H]1CCCOC[C@@]213. The van der Waals surface area contributed by atoms with Gasteiger partial charge in [-0.3, -0.25) is 4.79 Å². The summed E-state index contributed by atoms with van der Waals surface area (Å²) in [6, 6.07) is 0. The highest BCUT2D eigenvalue weighted by Crippen LogP contribution is 2.89. The second-order valence-electron chi connectivity index (χ2n) is 7.52. The quantitative estimate of drug-likeness (QED) is 0.644. The molecule has 2 heteroatoms. The third-order valence-electron chi connectivity index (χ3n) is 6.96. The lowest BCUT2D eigenvalue weighted by Crippen LogP contribution is -2.33. The molecule has 3 saturated carbocycles. The minimum absolute atomic E-state index is 0.0726. The van der Waals surface area contributed by atoms with Gasteiger partial charge < -0.3 is 4.74 Å². The summed E-state index contributed by atoms with van der Waals surface area (Å²) in [5.74, 6) is 2.24. The fourth-order valence-corrected chi connectivity index (χ4v) is 6.19. The highest BCUT2D eigenvalue weighted by atomic mass is 16.5. The Balaban J connectivity index is 1.84. The predicted molar refractivity (Wildman–Crippen MR) is 64.5 cm³/mol. The van der Waals surface area contributed by atoms with Crippen molar-refractivity contribution in [3.63, 3.8) is 0 Å². The second kappa shape index (κ2) is 2.64. The lowest BCUT2D eigenvalue weighted by atomic mass is 9.73. The van der Waals surface area contributed by atoms with E-state index >= 15 is 0 Å². The zero-order chi connectivity index (χ0) is 12.1. The summed E-state index contributed by atoms with van der Waals surface area (Å²) in [4.78, 5) is 12.6. The summed E-state index contributed by atoms with van der Waals surface area (Å²) >= 11 is 0. The lowest BCUT2D eigenvalue weighted by molar-refractivity contribution is -0.129. The Morgan fingerprint density at radius 3 is 2.76 bits per heavy atom. The molecule has 4 fully saturated rings. The molecule has 17 heavy (non-hydrogen) atoms. The van der Waals surface area contributed by atoms with Crippen LogP contribution < -0.4 is 0 Å². The Hall–Kier alpha value is -0.370. The van der Waals surface area contributed by atoms with Crippen LogP contribution in [0.4, 0.5) is 0 Å². The van der Waals surface area contributed by atoms with Gasteiger partial charge in [0.05, 0.1) is 6.61 Å². The molecule has 4 rings (SSSR count). The van der Waals surface area contributed by atoms with E-state index < -0.39 is 0 Å². The lowest BCUT2D eigenvalue weighted by Gasteiger charge is -2.30. The molecule has 0 N–H and O–H groups in total. The van der Waals surface area contributed by atoms with Gasteiger partial charge in [-0.25, -0.2) is 0 Å². The summed E-state index contributed by atoms with van der Waals surface area (Å²) in [5, 5.41) is 0. The molecule has 0 aromatic carbocycles. The maximum Gasteiger partial charge on any atom is 0.143 e. The van der Waals surface area contributed by atoms with Crippen molar-refractivity contribution in [1.82, 2.24) is 0 Å². The molecule has 1 saturated heterocycles. The summed E-state index contributed by atoms with van der Waals surface area (Å²) in [6.45, 7) is 8.50. The summed E-state index contributed by atoms with van der Waals surface area (Å²) < 4.78 is 5.84. The number of Topliss-reactive ketones (excluding diaryl/α,β-unsaturated/α-hetero) is 1. The van der Waals surface area contributed by atoms with Crippen LogP contribution in [0, 0.1) is 34.0 Å². The maximum absolute atomic E-state index is 12.6. The van der Waals surface area contributed by atoms with Crippen LogP contribution in [0.25, 0.3) is 0 Å². The van der Waals surface area contributed by atoms with Gasteiger partial charge in [-0.15, -0.1) is 0 Å². The number of carbonyl (C=O) groups is 1. The zero-order valence-electron chi connectivity index (χ0n) is 11.1. The molecular formula is C15H22O2. The van der Waals surface area contributed by atoms with E-state index in [1.165, 1.54) is 19.3 Å². The predicted octanol–water partition coefficient (Wildman–Crippen LogP) is 2.66. The van der Waals surface area contributed by atoms with E-state index in [2.05, 4.69) is 20.8 Å². The van der Waals surface area contributed by atoms with Crippen molar-refractivity contribution in [2.75, 3.05) is 13.2 Å². The minimum atomic E-state index is -0.0726. The van der Waals surface area contributed by atoms with Crippen LogP contribution in [0.2, 0.25) is 0 Å². The van der Waals surface area contributed by atoms with Crippen molar-refractivity contribution in [3.8, 4) is 0 Å². The van der Waals surface area contributed by atoms with Crippen molar-refractivity contribution in [2.45, 2.75) is 40.0 Å². The van der Waals surface area contributed by atoms with E-state index in [-0.39, 0.29) is 16.2 Å². The van der Waals surface area contributed by atoms with Crippen LogP contribution in [0.15, 0.2) is 0 Å². The first kappa shape index (κ1) is 10.5. The number of ether oxygens (including phenoxy) is 1. The van der Waals surface area contributed by atoms with Crippen LogP contribution >= 0.6 is 0 Å². The van der Waals surface area contributed by atoms with Crippen LogP contribution in [0.3, 0.4) is 0 Å². The number of hydrogen-bond donors (Lipinski definition) is 0. The first-order valence-corrected chi connectivity index (χ1v) is 7.09.